The number of rotatable bonds is 3. The van der Waals surface area contributed by atoms with Crippen molar-refractivity contribution in [1.29, 1.82) is 0 Å². The van der Waals surface area contributed by atoms with E-state index in [4.69, 9.17) is 12.2 Å². The number of thiocarbonyl (C=S) groups is 1. The second kappa shape index (κ2) is 6.40. The van der Waals surface area contributed by atoms with Crippen LogP contribution in [-0.2, 0) is 0 Å². The van der Waals surface area contributed by atoms with Crippen LogP contribution in [0, 0.1) is 5.92 Å². The van der Waals surface area contributed by atoms with Crippen molar-refractivity contribution in [2.24, 2.45) is 5.92 Å². The highest BCUT2D eigenvalue weighted by molar-refractivity contribution is 7.80. The summed E-state index contributed by atoms with van der Waals surface area (Å²) in [5, 5.41) is 16.2. The maximum atomic E-state index is 13.7. The van der Waals surface area contributed by atoms with Crippen LogP contribution >= 0.6 is 23.6 Å². The second-order valence-electron chi connectivity index (χ2n) is 5.57. The molecule has 1 fully saturated rings. The third-order valence-corrected chi connectivity index (χ3v) is 5.12. The molecule has 1 aliphatic heterocycles. The van der Waals surface area contributed by atoms with Gasteiger partial charge in [0.25, 0.3) is 0 Å². The Morgan fingerprint density at radius 2 is 1.88 bits per heavy atom. The first kappa shape index (κ1) is 17.8. The van der Waals surface area contributed by atoms with Gasteiger partial charge in [0.15, 0.2) is 10.9 Å². The van der Waals surface area contributed by atoms with Crippen molar-refractivity contribution < 1.29 is 23.1 Å². The fraction of sp³-hybridized carbons (Fsp3) is 0.250. The molecular formula is C16H13F3N2O2S2. The molecule has 25 heavy (non-hydrogen) atoms. The van der Waals surface area contributed by atoms with Gasteiger partial charge in [-0.25, -0.2) is 0 Å². The van der Waals surface area contributed by atoms with Crippen LogP contribution in [0.2, 0.25) is 0 Å². The van der Waals surface area contributed by atoms with Crippen molar-refractivity contribution in [2.45, 2.75) is 17.9 Å². The lowest BCUT2D eigenvalue weighted by Crippen LogP contribution is -2.72. The summed E-state index contributed by atoms with van der Waals surface area (Å²) in [4.78, 5) is 13.0. The molecule has 3 N–H and O–H groups in total. The van der Waals surface area contributed by atoms with Gasteiger partial charge in [0.2, 0.25) is 5.72 Å². The van der Waals surface area contributed by atoms with Crippen molar-refractivity contribution in [2.75, 3.05) is 0 Å². The van der Waals surface area contributed by atoms with Crippen LogP contribution in [0.15, 0.2) is 47.8 Å². The van der Waals surface area contributed by atoms with Gasteiger partial charge in [-0.3, -0.25) is 4.79 Å². The zero-order chi connectivity index (χ0) is 18.2. The van der Waals surface area contributed by atoms with Gasteiger partial charge in [0.1, 0.15) is 5.92 Å². The number of alkyl halides is 3. The Balaban J connectivity index is 2.15. The molecule has 0 saturated carbocycles. The Hall–Kier alpha value is -1.97. The first-order valence-corrected chi connectivity index (χ1v) is 8.53. The van der Waals surface area contributed by atoms with Crippen molar-refractivity contribution in [1.82, 2.24) is 10.6 Å². The fourth-order valence-electron chi connectivity index (χ4n) is 2.85. The third kappa shape index (κ3) is 3.14. The SMILES string of the molecule is O=C(c1cccs1)[C@@H]1[C@@H](c2ccccc2)NC(=S)N[C@@]1(O)C(F)(F)F. The van der Waals surface area contributed by atoms with Crippen molar-refractivity contribution in [3.8, 4) is 0 Å². The maximum Gasteiger partial charge on any atom is 0.437 e. The minimum Gasteiger partial charge on any atom is -0.363 e. The molecule has 0 bridgehead atoms. The summed E-state index contributed by atoms with van der Waals surface area (Å²) < 4.78 is 41.1. The summed E-state index contributed by atoms with van der Waals surface area (Å²) in [5.74, 6) is -2.66. The number of benzene rings is 1. The molecule has 1 saturated heterocycles. The average molecular weight is 386 g/mol. The number of nitrogens with one attached hydrogen (secondary N) is 2. The van der Waals surface area contributed by atoms with E-state index in [0.29, 0.717) is 5.56 Å². The smallest absolute Gasteiger partial charge is 0.363 e. The molecule has 132 valence electrons. The van der Waals surface area contributed by atoms with Gasteiger partial charge < -0.3 is 15.7 Å². The predicted molar refractivity (Wildman–Crippen MR) is 91.2 cm³/mol. The number of halogens is 3. The molecule has 0 amide bonds. The second-order valence-corrected chi connectivity index (χ2v) is 6.93. The van der Waals surface area contributed by atoms with Gasteiger partial charge in [0.05, 0.1) is 10.9 Å². The lowest BCUT2D eigenvalue weighted by atomic mass is 9.79. The van der Waals surface area contributed by atoms with Crippen LogP contribution in [0.25, 0.3) is 0 Å². The highest BCUT2D eigenvalue weighted by Crippen LogP contribution is 2.44. The van der Waals surface area contributed by atoms with Gasteiger partial charge in [-0.15, -0.1) is 11.3 Å². The summed E-state index contributed by atoms with van der Waals surface area (Å²) in [6, 6.07) is 10.0. The van der Waals surface area contributed by atoms with E-state index in [2.05, 4.69) is 5.32 Å². The van der Waals surface area contributed by atoms with E-state index in [1.165, 1.54) is 6.07 Å². The highest BCUT2D eigenvalue weighted by atomic mass is 32.1. The van der Waals surface area contributed by atoms with Crippen molar-refractivity contribution in [3.05, 3.63) is 58.3 Å². The fourth-order valence-corrected chi connectivity index (χ4v) is 3.84. The number of thiophene rings is 1. The lowest BCUT2D eigenvalue weighted by molar-refractivity contribution is -0.285. The van der Waals surface area contributed by atoms with E-state index >= 15 is 0 Å². The highest BCUT2D eigenvalue weighted by Gasteiger charge is 2.65. The van der Waals surface area contributed by atoms with Gasteiger partial charge in [-0.2, -0.15) is 13.2 Å². The minimum absolute atomic E-state index is 0.130. The van der Waals surface area contributed by atoms with Gasteiger partial charge in [-0.05, 0) is 29.2 Å². The molecule has 3 rings (SSSR count). The molecule has 4 nitrogen and oxygen atoms in total. The largest absolute Gasteiger partial charge is 0.437 e. The van der Waals surface area contributed by atoms with Crippen LogP contribution in [0.1, 0.15) is 21.3 Å². The number of carbonyl (C=O) groups excluding carboxylic acids is 1. The van der Waals surface area contributed by atoms with Gasteiger partial charge in [0, 0.05) is 0 Å². The minimum atomic E-state index is -5.11. The van der Waals surface area contributed by atoms with Gasteiger partial charge >= 0.3 is 6.18 Å². The van der Waals surface area contributed by atoms with Crippen LogP contribution in [-0.4, -0.2) is 27.9 Å². The first-order chi connectivity index (χ1) is 11.7. The Morgan fingerprint density at radius 1 is 1.20 bits per heavy atom. The molecule has 2 heterocycles. The summed E-state index contributed by atoms with van der Waals surface area (Å²) in [7, 11) is 0. The van der Waals surface area contributed by atoms with E-state index in [1.807, 2.05) is 5.32 Å². The molecule has 0 spiro atoms. The van der Waals surface area contributed by atoms with E-state index in [0.717, 1.165) is 11.3 Å². The first-order valence-electron chi connectivity index (χ1n) is 7.24. The number of carbonyl (C=O) groups is 1. The monoisotopic (exact) mass is 386 g/mol. The number of ketones is 1. The molecule has 0 aliphatic carbocycles. The quantitative estimate of drug-likeness (QED) is 0.559. The summed E-state index contributed by atoms with van der Waals surface area (Å²) in [6.45, 7) is 0. The molecule has 1 aliphatic rings. The zero-order valence-corrected chi connectivity index (χ0v) is 14.2. The summed E-state index contributed by atoms with van der Waals surface area (Å²) in [5.41, 5.74) is -3.05. The standard InChI is InChI=1S/C16H13F3N2O2S2/c17-16(18,19)15(23)11(13(22)10-7-4-8-25-10)12(20-14(24)21-15)9-5-2-1-3-6-9/h1-8,11-12,23H,(H2,20,21,24)/t11-,12+,15-/m0/s1. The third-order valence-electron chi connectivity index (χ3n) is 4.01. The molecule has 3 atom stereocenters. The van der Waals surface area contributed by atoms with Crippen LogP contribution in [0.5, 0.6) is 0 Å². The molecular weight excluding hydrogens is 373 g/mol. The Morgan fingerprint density at radius 3 is 2.44 bits per heavy atom. The molecule has 0 unspecified atom stereocenters. The normalized spacial score (nSPS) is 26.6. The van der Waals surface area contributed by atoms with Crippen LogP contribution in [0.4, 0.5) is 13.2 Å². The van der Waals surface area contributed by atoms with E-state index in [9.17, 15) is 23.1 Å². The number of Topliss-reactive ketones (excluding diaryl/α,β-unsaturated/α-hetero) is 1. The number of hydrogen-bond donors (Lipinski definition) is 3. The lowest BCUT2D eigenvalue weighted by Gasteiger charge is -2.46. The molecule has 2 aromatic rings. The average Bonchev–Trinajstić information content (AvgIpc) is 3.08. The Labute approximate surface area is 150 Å². The van der Waals surface area contributed by atoms with Crippen molar-refractivity contribution >= 4 is 34.5 Å². The molecule has 1 aromatic heterocycles. The Bertz CT molecular complexity index is 780. The van der Waals surface area contributed by atoms with Crippen molar-refractivity contribution in [3.63, 3.8) is 0 Å². The van der Waals surface area contributed by atoms with Gasteiger partial charge in [-0.1, -0.05) is 36.4 Å². The Kier molecular flexibility index (Phi) is 4.56. The van der Waals surface area contributed by atoms with Crippen LogP contribution < -0.4 is 10.6 Å². The summed E-state index contributed by atoms with van der Waals surface area (Å²) >= 11 is 5.87. The van der Waals surface area contributed by atoms with E-state index < -0.39 is 29.6 Å². The van der Waals surface area contributed by atoms with E-state index in [1.54, 1.807) is 41.8 Å². The number of aliphatic hydroxyl groups is 1. The van der Waals surface area contributed by atoms with E-state index in [-0.39, 0.29) is 9.99 Å². The maximum absolute atomic E-state index is 13.7. The molecule has 1 aromatic carbocycles. The molecule has 9 heteroatoms. The predicted octanol–water partition coefficient (Wildman–Crippen LogP) is 3.02. The topological polar surface area (TPSA) is 61.4 Å². The molecule has 0 radical (unpaired) electrons. The van der Waals surface area contributed by atoms with Crippen LogP contribution in [0.3, 0.4) is 0 Å². The summed E-state index contributed by atoms with van der Waals surface area (Å²) in [6.07, 6.45) is -5.11. The number of hydrogen-bond acceptors (Lipinski definition) is 4. The zero-order valence-electron chi connectivity index (χ0n) is 12.6.